The third-order valence-electron chi connectivity index (χ3n) is 4.10. The molecule has 0 aliphatic heterocycles. The number of carbonyl (C=O) groups excluding carboxylic acids is 2. The molecule has 10 heteroatoms. The van der Waals surface area contributed by atoms with Gasteiger partial charge in [0.2, 0.25) is 15.9 Å². The number of esters is 1. The monoisotopic (exact) mass is 409 g/mol. The van der Waals surface area contributed by atoms with Crippen LogP contribution in [0.4, 0.5) is 0 Å². The zero-order chi connectivity index (χ0) is 20.9. The summed E-state index contributed by atoms with van der Waals surface area (Å²) >= 11 is 0. The Balaban J connectivity index is 2.00. The molecular formula is C18H23N3O6S. The molecule has 1 aromatic heterocycles. The summed E-state index contributed by atoms with van der Waals surface area (Å²) in [4.78, 5) is 23.7. The first-order valence-electron chi connectivity index (χ1n) is 8.29. The maximum atomic E-state index is 12.7. The van der Waals surface area contributed by atoms with Gasteiger partial charge in [-0.3, -0.25) is 4.79 Å². The average Bonchev–Trinajstić information content (AvgIpc) is 3.08. The predicted octanol–water partition coefficient (Wildman–Crippen LogP) is 0.757. The lowest BCUT2D eigenvalue weighted by atomic mass is 10.2. The van der Waals surface area contributed by atoms with Crippen LogP contribution in [0.25, 0.3) is 0 Å². The SMILES string of the molecule is COC(=O)c1cc(S(=O)(=O)N(C)CC(=O)NCc2ccc(OC)cc2)cn1C. The number of aromatic nitrogens is 1. The van der Waals surface area contributed by atoms with E-state index in [-0.39, 0.29) is 23.7 Å². The van der Waals surface area contributed by atoms with Crippen molar-refractivity contribution in [2.24, 2.45) is 7.05 Å². The summed E-state index contributed by atoms with van der Waals surface area (Å²) in [6, 6.07) is 8.36. The van der Waals surface area contributed by atoms with Crippen LogP contribution in [0.15, 0.2) is 41.4 Å². The van der Waals surface area contributed by atoms with Crippen molar-refractivity contribution in [2.45, 2.75) is 11.4 Å². The maximum absolute atomic E-state index is 12.7. The van der Waals surface area contributed by atoms with Crippen LogP contribution in [0.2, 0.25) is 0 Å². The summed E-state index contributed by atoms with van der Waals surface area (Å²) in [5, 5.41) is 2.67. The van der Waals surface area contributed by atoms with Crippen LogP contribution in [-0.4, -0.2) is 57.0 Å². The van der Waals surface area contributed by atoms with Gasteiger partial charge in [0.15, 0.2) is 0 Å². The largest absolute Gasteiger partial charge is 0.497 e. The van der Waals surface area contributed by atoms with Crippen molar-refractivity contribution in [2.75, 3.05) is 27.8 Å². The number of aryl methyl sites for hydroxylation is 1. The van der Waals surface area contributed by atoms with Gasteiger partial charge in [0.05, 0.1) is 20.8 Å². The number of nitrogens with zero attached hydrogens (tertiary/aromatic N) is 2. The number of sulfonamides is 1. The molecule has 0 fully saturated rings. The molecule has 1 aromatic carbocycles. The Labute approximate surface area is 163 Å². The van der Waals surface area contributed by atoms with Crippen LogP contribution < -0.4 is 10.1 Å². The second-order valence-electron chi connectivity index (χ2n) is 6.05. The molecule has 0 saturated carbocycles. The number of likely N-dealkylation sites (N-methyl/N-ethyl adjacent to an activating group) is 1. The molecule has 1 N–H and O–H groups in total. The van der Waals surface area contributed by atoms with Gasteiger partial charge in [-0.2, -0.15) is 4.31 Å². The zero-order valence-corrected chi connectivity index (χ0v) is 16.9. The highest BCUT2D eigenvalue weighted by atomic mass is 32.2. The summed E-state index contributed by atoms with van der Waals surface area (Å²) in [6.45, 7) is -0.102. The molecule has 2 aromatic rings. The van der Waals surface area contributed by atoms with Gasteiger partial charge < -0.3 is 19.4 Å². The Kier molecular flexibility index (Phi) is 6.81. The molecule has 0 bridgehead atoms. The van der Waals surface area contributed by atoms with Crippen molar-refractivity contribution in [1.29, 1.82) is 0 Å². The minimum absolute atomic E-state index is 0.0958. The number of hydrogen-bond acceptors (Lipinski definition) is 6. The van der Waals surface area contributed by atoms with E-state index in [4.69, 9.17) is 4.74 Å². The van der Waals surface area contributed by atoms with Gasteiger partial charge in [0.1, 0.15) is 16.3 Å². The molecule has 0 saturated heterocycles. The number of methoxy groups -OCH3 is 2. The molecule has 0 unspecified atom stereocenters. The van der Waals surface area contributed by atoms with Crippen LogP contribution in [0.3, 0.4) is 0 Å². The van der Waals surface area contributed by atoms with Gasteiger partial charge >= 0.3 is 5.97 Å². The highest BCUT2D eigenvalue weighted by Gasteiger charge is 2.26. The van der Waals surface area contributed by atoms with Crippen molar-refractivity contribution >= 4 is 21.9 Å². The first-order valence-corrected chi connectivity index (χ1v) is 9.73. The quantitative estimate of drug-likeness (QED) is 0.645. The molecule has 0 radical (unpaired) electrons. The summed E-state index contributed by atoms with van der Waals surface area (Å²) in [6.07, 6.45) is 1.30. The van der Waals surface area contributed by atoms with Crippen molar-refractivity contribution in [3.05, 3.63) is 47.8 Å². The lowest BCUT2D eigenvalue weighted by molar-refractivity contribution is -0.121. The van der Waals surface area contributed by atoms with Crippen molar-refractivity contribution < 1.29 is 27.5 Å². The van der Waals surface area contributed by atoms with Crippen molar-refractivity contribution in [3.63, 3.8) is 0 Å². The normalized spacial score (nSPS) is 11.3. The van der Waals surface area contributed by atoms with Gasteiger partial charge in [-0.25, -0.2) is 13.2 Å². The molecule has 0 aliphatic rings. The summed E-state index contributed by atoms with van der Waals surface area (Å²) in [7, 11) is 1.67. The second kappa shape index (κ2) is 8.89. The topological polar surface area (TPSA) is 107 Å². The van der Waals surface area contributed by atoms with Crippen LogP contribution >= 0.6 is 0 Å². The standard InChI is InChI=1S/C18H23N3O6S/c1-20-11-15(9-16(20)18(23)27-4)28(24,25)21(2)12-17(22)19-10-13-5-7-14(26-3)8-6-13/h5-9,11H,10,12H2,1-4H3,(H,19,22). The Morgan fingerprint density at radius 1 is 1.18 bits per heavy atom. The minimum atomic E-state index is -3.94. The third-order valence-corrected chi connectivity index (χ3v) is 5.87. The van der Waals surface area contributed by atoms with E-state index in [1.54, 1.807) is 31.4 Å². The highest BCUT2D eigenvalue weighted by Crippen LogP contribution is 2.18. The number of amides is 1. The molecule has 0 aliphatic carbocycles. The zero-order valence-electron chi connectivity index (χ0n) is 16.1. The number of carbonyl (C=O) groups is 2. The van der Waals surface area contributed by atoms with E-state index in [9.17, 15) is 18.0 Å². The number of benzene rings is 1. The molecule has 28 heavy (non-hydrogen) atoms. The summed E-state index contributed by atoms with van der Waals surface area (Å²) < 4.78 is 37.3. The Morgan fingerprint density at radius 3 is 2.39 bits per heavy atom. The second-order valence-corrected chi connectivity index (χ2v) is 8.09. The number of nitrogens with one attached hydrogen (secondary N) is 1. The van der Waals surface area contributed by atoms with Gasteiger partial charge in [-0.1, -0.05) is 12.1 Å². The molecule has 152 valence electrons. The fourth-order valence-electron chi connectivity index (χ4n) is 2.45. The highest BCUT2D eigenvalue weighted by molar-refractivity contribution is 7.89. The van der Waals surface area contributed by atoms with Crippen molar-refractivity contribution in [1.82, 2.24) is 14.2 Å². The van der Waals surface area contributed by atoms with E-state index >= 15 is 0 Å². The molecular weight excluding hydrogens is 386 g/mol. The average molecular weight is 409 g/mol. The van der Waals surface area contributed by atoms with Crippen LogP contribution in [-0.2, 0) is 33.1 Å². The maximum Gasteiger partial charge on any atom is 0.354 e. The third kappa shape index (κ3) is 4.90. The lowest BCUT2D eigenvalue weighted by Gasteiger charge is -2.16. The Bertz CT molecular complexity index is 950. The van der Waals surface area contributed by atoms with Crippen LogP contribution in [0.5, 0.6) is 5.75 Å². The van der Waals surface area contributed by atoms with E-state index in [1.165, 1.54) is 38.0 Å². The fraction of sp³-hybridized carbons (Fsp3) is 0.333. The number of hydrogen-bond donors (Lipinski definition) is 1. The van der Waals surface area contributed by atoms with E-state index in [1.807, 2.05) is 0 Å². The lowest BCUT2D eigenvalue weighted by Crippen LogP contribution is -2.38. The first-order chi connectivity index (χ1) is 13.2. The Hall–Kier alpha value is -2.85. The molecule has 2 rings (SSSR count). The number of rotatable bonds is 8. The number of ether oxygens (including phenoxy) is 2. The molecule has 1 amide bonds. The minimum Gasteiger partial charge on any atom is -0.497 e. The van der Waals surface area contributed by atoms with Crippen molar-refractivity contribution in [3.8, 4) is 5.75 Å². The Morgan fingerprint density at radius 2 is 1.82 bits per heavy atom. The van der Waals surface area contributed by atoms with Gasteiger partial charge in [0.25, 0.3) is 0 Å². The molecule has 1 heterocycles. The summed E-state index contributed by atoms with van der Waals surface area (Å²) in [5.41, 5.74) is 0.948. The first kappa shape index (κ1) is 21.5. The van der Waals surface area contributed by atoms with Crippen LogP contribution in [0, 0.1) is 0 Å². The molecule has 9 nitrogen and oxygen atoms in total. The van der Waals surface area contributed by atoms with Gasteiger partial charge in [-0.05, 0) is 23.8 Å². The van der Waals surface area contributed by atoms with E-state index in [0.717, 1.165) is 9.87 Å². The molecule has 0 atom stereocenters. The molecule has 0 spiro atoms. The van der Waals surface area contributed by atoms with E-state index in [2.05, 4.69) is 10.1 Å². The fourth-order valence-corrected chi connectivity index (χ4v) is 3.65. The summed E-state index contributed by atoms with van der Waals surface area (Å²) in [5.74, 6) is -0.398. The van der Waals surface area contributed by atoms with E-state index in [0.29, 0.717) is 5.75 Å². The van der Waals surface area contributed by atoms with Gasteiger partial charge in [0, 0.05) is 26.8 Å². The van der Waals surface area contributed by atoms with E-state index < -0.39 is 21.9 Å². The predicted molar refractivity (Wildman–Crippen MR) is 101 cm³/mol. The van der Waals surface area contributed by atoms with Crippen LogP contribution in [0.1, 0.15) is 16.1 Å². The smallest absolute Gasteiger partial charge is 0.354 e. The van der Waals surface area contributed by atoms with Gasteiger partial charge in [-0.15, -0.1) is 0 Å².